The fourth-order valence-electron chi connectivity index (χ4n) is 2.75. The molecule has 1 aromatic carbocycles. The average Bonchev–Trinajstić information content (AvgIpc) is 2.51. The number of nitrogens with one attached hydrogen (secondary N) is 1. The van der Waals surface area contributed by atoms with Crippen LogP contribution in [0.3, 0.4) is 0 Å². The summed E-state index contributed by atoms with van der Waals surface area (Å²) in [4.78, 5) is 6.96. The first-order valence-electron chi connectivity index (χ1n) is 8.71. The summed E-state index contributed by atoms with van der Waals surface area (Å²) in [5.74, 6) is 2.01. The highest BCUT2D eigenvalue weighted by molar-refractivity contribution is 14.0. The zero-order chi connectivity index (χ0) is 17.1. The van der Waals surface area contributed by atoms with Crippen LogP contribution in [0, 0.1) is 11.8 Å². The summed E-state index contributed by atoms with van der Waals surface area (Å²) >= 11 is 0. The lowest BCUT2D eigenvalue weighted by atomic mass is 9.94. The Balaban J connectivity index is 0.00000529. The lowest BCUT2D eigenvalue weighted by molar-refractivity contribution is 0.245. The smallest absolute Gasteiger partial charge is 0.193 e. The van der Waals surface area contributed by atoms with Crippen LogP contribution in [0.2, 0.25) is 0 Å². The molecule has 1 aromatic rings. The Hall–Kier alpha value is -0.820. The number of benzene rings is 1. The quantitative estimate of drug-likeness (QED) is 0.345. The van der Waals surface area contributed by atoms with E-state index in [1.165, 1.54) is 5.56 Å². The topological polar surface area (TPSA) is 47.9 Å². The van der Waals surface area contributed by atoms with Crippen molar-refractivity contribution in [3.63, 3.8) is 0 Å². The first-order chi connectivity index (χ1) is 11.1. The summed E-state index contributed by atoms with van der Waals surface area (Å²) < 4.78 is 0. The highest BCUT2D eigenvalue weighted by Gasteiger charge is 2.12. The third kappa shape index (κ3) is 9.47. The number of nitrogens with zero attached hydrogens (tertiary/aromatic N) is 2. The molecule has 0 radical (unpaired) electrons. The molecule has 1 rings (SSSR count). The second kappa shape index (κ2) is 13.5. The zero-order valence-corrected chi connectivity index (χ0v) is 17.9. The molecule has 1 atom stereocenters. The number of aliphatic hydroxyl groups excluding tert-OH is 1. The number of hydrogen-bond acceptors (Lipinski definition) is 2. The largest absolute Gasteiger partial charge is 0.396 e. The predicted octanol–water partition coefficient (Wildman–Crippen LogP) is 3.75. The summed E-state index contributed by atoms with van der Waals surface area (Å²) in [5, 5.41) is 12.6. The minimum Gasteiger partial charge on any atom is -0.396 e. The molecule has 0 aliphatic carbocycles. The van der Waals surface area contributed by atoms with Gasteiger partial charge in [-0.2, -0.15) is 0 Å². The lowest BCUT2D eigenvalue weighted by Crippen LogP contribution is -2.38. The number of guanidine groups is 1. The standard InChI is InChI=1S/C19H33N3O.HI/c1-5-20-19(21-14-18(11-12-23)13-16(2)3)22(4)15-17-9-7-6-8-10-17;/h6-10,16,18,23H,5,11-15H2,1-4H3,(H,20,21);1H. The van der Waals surface area contributed by atoms with Gasteiger partial charge in [0.2, 0.25) is 0 Å². The van der Waals surface area contributed by atoms with Gasteiger partial charge in [-0.25, -0.2) is 0 Å². The van der Waals surface area contributed by atoms with Gasteiger partial charge in [-0.05, 0) is 37.2 Å². The number of rotatable bonds is 9. The highest BCUT2D eigenvalue weighted by atomic mass is 127. The summed E-state index contributed by atoms with van der Waals surface area (Å²) in [6.45, 7) is 9.23. The van der Waals surface area contributed by atoms with Gasteiger partial charge in [0.25, 0.3) is 0 Å². The van der Waals surface area contributed by atoms with Crippen molar-refractivity contribution < 1.29 is 5.11 Å². The van der Waals surface area contributed by atoms with Crippen LogP contribution in [-0.2, 0) is 6.54 Å². The van der Waals surface area contributed by atoms with Gasteiger partial charge in [-0.15, -0.1) is 24.0 Å². The number of hydrogen-bond donors (Lipinski definition) is 2. The van der Waals surface area contributed by atoms with Crippen LogP contribution < -0.4 is 5.32 Å². The van der Waals surface area contributed by atoms with Crippen LogP contribution in [0.4, 0.5) is 0 Å². The van der Waals surface area contributed by atoms with Crippen molar-refractivity contribution >= 4 is 29.9 Å². The molecule has 0 saturated heterocycles. The van der Waals surface area contributed by atoms with Gasteiger partial charge in [0, 0.05) is 33.3 Å². The summed E-state index contributed by atoms with van der Waals surface area (Å²) in [7, 11) is 2.07. The molecule has 0 aromatic heterocycles. The van der Waals surface area contributed by atoms with E-state index in [1.807, 2.05) is 6.07 Å². The van der Waals surface area contributed by atoms with E-state index in [4.69, 9.17) is 4.99 Å². The fourth-order valence-corrected chi connectivity index (χ4v) is 2.75. The van der Waals surface area contributed by atoms with Gasteiger partial charge >= 0.3 is 0 Å². The van der Waals surface area contributed by atoms with E-state index in [0.29, 0.717) is 11.8 Å². The summed E-state index contributed by atoms with van der Waals surface area (Å²) in [5.41, 5.74) is 1.27. The Morgan fingerprint density at radius 1 is 1.25 bits per heavy atom. The van der Waals surface area contributed by atoms with Crippen LogP contribution in [0.1, 0.15) is 39.2 Å². The zero-order valence-electron chi connectivity index (χ0n) is 15.5. The molecule has 2 N–H and O–H groups in total. The van der Waals surface area contributed by atoms with E-state index in [9.17, 15) is 5.11 Å². The fraction of sp³-hybridized carbons (Fsp3) is 0.632. The normalized spacial score (nSPS) is 12.7. The molecule has 138 valence electrons. The summed E-state index contributed by atoms with van der Waals surface area (Å²) in [6.07, 6.45) is 1.93. The molecule has 24 heavy (non-hydrogen) atoms. The van der Waals surface area contributed by atoms with E-state index in [1.54, 1.807) is 0 Å². The predicted molar refractivity (Wildman–Crippen MR) is 114 cm³/mol. The second-order valence-electron chi connectivity index (χ2n) is 6.54. The van der Waals surface area contributed by atoms with Crippen molar-refractivity contribution in [3.8, 4) is 0 Å². The van der Waals surface area contributed by atoms with Gasteiger partial charge in [0.05, 0.1) is 0 Å². The van der Waals surface area contributed by atoms with Crippen molar-refractivity contribution in [2.75, 3.05) is 26.7 Å². The van der Waals surface area contributed by atoms with Crippen LogP contribution in [0.25, 0.3) is 0 Å². The first-order valence-corrected chi connectivity index (χ1v) is 8.71. The lowest BCUT2D eigenvalue weighted by Gasteiger charge is -2.23. The summed E-state index contributed by atoms with van der Waals surface area (Å²) in [6, 6.07) is 10.4. The second-order valence-corrected chi connectivity index (χ2v) is 6.54. The molecule has 4 nitrogen and oxygen atoms in total. The van der Waals surface area contributed by atoms with Crippen molar-refractivity contribution in [2.24, 2.45) is 16.8 Å². The molecule has 0 heterocycles. The Labute approximate surface area is 164 Å². The molecule has 1 unspecified atom stereocenters. The van der Waals surface area contributed by atoms with Gasteiger partial charge < -0.3 is 15.3 Å². The van der Waals surface area contributed by atoms with Gasteiger partial charge in [-0.1, -0.05) is 44.2 Å². The van der Waals surface area contributed by atoms with Crippen LogP contribution in [-0.4, -0.2) is 42.7 Å². The maximum atomic E-state index is 9.25. The van der Waals surface area contributed by atoms with Crippen molar-refractivity contribution in [1.82, 2.24) is 10.2 Å². The molecular formula is C19H34IN3O. The van der Waals surface area contributed by atoms with Crippen LogP contribution in [0.15, 0.2) is 35.3 Å². The SMILES string of the molecule is CCNC(=NCC(CCO)CC(C)C)N(C)Cc1ccccc1.I. The minimum absolute atomic E-state index is 0. The minimum atomic E-state index is 0. The van der Waals surface area contributed by atoms with E-state index >= 15 is 0 Å². The van der Waals surface area contributed by atoms with Crippen molar-refractivity contribution in [2.45, 2.75) is 40.2 Å². The molecule has 0 aliphatic heterocycles. The Bertz CT molecular complexity index is 451. The van der Waals surface area contributed by atoms with Crippen LogP contribution in [0.5, 0.6) is 0 Å². The van der Waals surface area contributed by atoms with E-state index < -0.39 is 0 Å². The maximum absolute atomic E-state index is 9.25. The maximum Gasteiger partial charge on any atom is 0.193 e. The molecule has 0 saturated carbocycles. The first kappa shape index (κ1) is 23.2. The molecule has 0 amide bonds. The van der Waals surface area contributed by atoms with E-state index in [0.717, 1.165) is 38.4 Å². The van der Waals surface area contributed by atoms with Gasteiger partial charge in [0.15, 0.2) is 5.96 Å². The third-order valence-electron chi connectivity index (χ3n) is 3.80. The van der Waals surface area contributed by atoms with Gasteiger partial charge in [-0.3, -0.25) is 4.99 Å². The number of aliphatic imine (C=N–C) groups is 1. The molecule has 0 fully saturated rings. The molecule has 0 bridgehead atoms. The van der Waals surface area contributed by atoms with E-state index in [2.05, 4.69) is 62.3 Å². The van der Waals surface area contributed by atoms with Gasteiger partial charge in [0.1, 0.15) is 0 Å². The number of halogens is 1. The van der Waals surface area contributed by atoms with Crippen molar-refractivity contribution in [3.05, 3.63) is 35.9 Å². The van der Waals surface area contributed by atoms with Crippen LogP contribution >= 0.6 is 24.0 Å². The monoisotopic (exact) mass is 447 g/mol. The molecule has 5 heteroatoms. The van der Waals surface area contributed by atoms with Crippen molar-refractivity contribution in [1.29, 1.82) is 0 Å². The molecular weight excluding hydrogens is 413 g/mol. The average molecular weight is 447 g/mol. The Morgan fingerprint density at radius 2 is 1.92 bits per heavy atom. The Kier molecular flexibility index (Phi) is 13.0. The molecule has 0 aliphatic rings. The molecule has 0 spiro atoms. The van der Waals surface area contributed by atoms with E-state index in [-0.39, 0.29) is 30.6 Å². The number of aliphatic hydroxyl groups is 1. The highest BCUT2D eigenvalue weighted by Crippen LogP contribution is 2.15. The third-order valence-corrected chi connectivity index (χ3v) is 3.80. The Morgan fingerprint density at radius 3 is 2.46 bits per heavy atom.